The van der Waals surface area contributed by atoms with Gasteiger partial charge < -0.3 is 14.6 Å². The standard InChI is InChI=1S/C18H22N2O3/c21-18(22-16-9-5-2-6-10-16)19-13-17-12-15(20-23-17)11-14-7-3-1-4-8-14/h1,3-4,7-8,12,16H,2,5-6,9-11,13H2,(H,19,21). The molecule has 0 saturated heterocycles. The molecule has 3 rings (SSSR count). The first-order valence-corrected chi connectivity index (χ1v) is 8.22. The van der Waals surface area contributed by atoms with Crippen LogP contribution in [-0.2, 0) is 17.7 Å². The molecule has 1 aliphatic carbocycles. The summed E-state index contributed by atoms with van der Waals surface area (Å²) in [6, 6.07) is 12.0. The molecule has 1 N–H and O–H groups in total. The van der Waals surface area contributed by atoms with Crippen LogP contribution in [0.2, 0.25) is 0 Å². The van der Waals surface area contributed by atoms with Gasteiger partial charge in [-0.05, 0) is 31.2 Å². The Kier molecular flexibility index (Phi) is 5.29. The minimum absolute atomic E-state index is 0.0621. The number of ether oxygens (including phenoxy) is 1. The molecule has 1 aromatic heterocycles. The van der Waals surface area contributed by atoms with Gasteiger partial charge in [-0.25, -0.2) is 4.79 Å². The van der Waals surface area contributed by atoms with Crippen molar-refractivity contribution in [1.82, 2.24) is 10.5 Å². The second-order valence-electron chi connectivity index (χ2n) is 5.97. The first-order chi connectivity index (χ1) is 11.3. The van der Waals surface area contributed by atoms with E-state index in [1.165, 1.54) is 12.0 Å². The smallest absolute Gasteiger partial charge is 0.407 e. The summed E-state index contributed by atoms with van der Waals surface area (Å²) < 4.78 is 10.7. The molecule has 122 valence electrons. The van der Waals surface area contributed by atoms with E-state index in [2.05, 4.69) is 10.5 Å². The zero-order valence-electron chi connectivity index (χ0n) is 13.2. The van der Waals surface area contributed by atoms with Crippen molar-refractivity contribution in [1.29, 1.82) is 0 Å². The van der Waals surface area contributed by atoms with Crippen LogP contribution < -0.4 is 5.32 Å². The van der Waals surface area contributed by atoms with E-state index in [0.29, 0.717) is 12.3 Å². The molecule has 23 heavy (non-hydrogen) atoms. The topological polar surface area (TPSA) is 64.4 Å². The Hall–Kier alpha value is -2.30. The predicted octanol–water partition coefficient (Wildman–Crippen LogP) is 3.82. The van der Waals surface area contributed by atoms with Gasteiger partial charge in [0.25, 0.3) is 0 Å². The molecule has 1 fully saturated rings. The highest BCUT2D eigenvalue weighted by atomic mass is 16.6. The fourth-order valence-corrected chi connectivity index (χ4v) is 2.86. The molecule has 0 spiro atoms. The molecule has 0 bridgehead atoms. The first-order valence-electron chi connectivity index (χ1n) is 8.22. The normalized spacial score (nSPS) is 15.3. The lowest BCUT2D eigenvalue weighted by Crippen LogP contribution is -2.29. The zero-order chi connectivity index (χ0) is 15.9. The average Bonchev–Trinajstić information content (AvgIpc) is 3.02. The van der Waals surface area contributed by atoms with Crippen molar-refractivity contribution in [2.45, 2.75) is 51.2 Å². The van der Waals surface area contributed by atoms with Crippen molar-refractivity contribution in [2.75, 3.05) is 0 Å². The number of hydrogen-bond donors (Lipinski definition) is 1. The van der Waals surface area contributed by atoms with Gasteiger partial charge in [0.1, 0.15) is 6.10 Å². The van der Waals surface area contributed by atoms with E-state index in [1.54, 1.807) is 0 Å². The minimum atomic E-state index is -0.377. The molecule has 1 aromatic carbocycles. The highest BCUT2D eigenvalue weighted by Gasteiger charge is 2.17. The molecule has 0 radical (unpaired) electrons. The van der Waals surface area contributed by atoms with Crippen molar-refractivity contribution in [3.05, 3.63) is 53.4 Å². The average molecular weight is 314 g/mol. The molecule has 1 amide bonds. The summed E-state index contributed by atoms with van der Waals surface area (Å²) >= 11 is 0. The fourth-order valence-electron chi connectivity index (χ4n) is 2.86. The Balaban J connectivity index is 1.44. The quantitative estimate of drug-likeness (QED) is 0.911. The van der Waals surface area contributed by atoms with Crippen LogP contribution in [0.4, 0.5) is 4.79 Å². The molecule has 2 aromatic rings. The van der Waals surface area contributed by atoms with Crippen molar-refractivity contribution in [3.8, 4) is 0 Å². The van der Waals surface area contributed by atoms with Crippen molar-refractivity contribution in [3.63, 3.8) is 0 Å². The summed E-state index contributed by atoms with van der Waals surface area (Å²) in [5.41, 5.74) is 2.03. The van der Waals surface area contributed by atoms with E-state index in [9.17, 15) is 4.79 Å². The number of alkyl carbamates (subject to hydrolysis) is 1. The Morgan fingerprint density at radius 2 is 2.00 bits per heavy atom. The molecule has 0 unspecified atom stereocenters. The monoisotopic (exact) mass is 314 g/mol. The largest absolute Gasteiger partial charge is 0.446 e. The number of rotatable bonds is 5. The van der Waals surface area contributed by atoms with E-state index in [-0.39, 0.29) is 12.2 Å². The maximum atomic E-state index is 11.8. The Morgan fingerprint density at radius 3 is 2.78 bits per heavy atom. The lowest BCUT2D eigenvalue weighted by molar-refractivity contribution is 0.0744. The van der Waals surface area contributed by atoms with Gasteiger partial charge in [0.15, 0.2) is 5.76 Å². The van der Waals surface area contributed by atoms with Crippen LogP contribution >= 0.6 is 0 Å². The molecular formula is C18H22N2O3. The second kappa shape index (κ2) is 7.81. The molecule has 1 aliphatic rings. The van der Waals surface area contributed by atoms with Crippen molar-refractivity contribution < 1.29 is 14.1 Å². The SMILES string of the molecule is O=C(NCc1cc(Cc2ccccc2)no1)OC1CCCCC1. The number of nitrogens with one attached hydrogen (secondary N) is 1. The van der Waals surface area contributed by atoms with E-state index < -0.39 is 0 Å². The van der Waals surface area contributed by atoms with Crippen LogP contribution in [-0.4, -0.2) is 17.4 Å². The van der Waals surface area contributed by atoms with Crippen LogP contribution in [0.3, 0.4) is 0 Å². The van der Waals surface area contributed by atoms with Gasteiger partial charge in [-0.15, -0.1) is 0 Å². The van der Waals surface area contributed by atoms with E-state index in [0.717, 1.165) is 37.8 Å². The highest BCUT2D eigenvalue weighted by Crippen LogP contribution is 2.20. The number of hydrogen-bond acceptors (Lipinski definition) is 4. The van der Waals surface area contributed by atoms with Crippen LogP contribution in [0.5, 0.6) is 0 Å². The lowest BCUT2D eigenvalue weighted by atomic mass is 9.98. The van der Waals surface area contributed by atoms with Crippen LogP contribution in [0.15, 0.2) is 40.9 Å². The Morgan fingerprint density at radius 1 is 1.22 bits per heavy atom. The number of carbonyl (C=O) groups excluding carboxylic acids is 1. The first kappa shape index (κ1) is 15.6. The summed E-state index contributed by atoms with van der Waals surface area (Å²) in [4.78, 5) is 11.8. The third-order valence-corrected chi connectivity index (χ3v) is 4.07. The van der Waals surface area contributed by atoms with E-state index >= 15 is 0 Å². The van der Waals surface area contributed by atoms with Crippen molar-refractivity contribution >= 4 is 6.09 Å². The van der Waals surface area contributed by atoms with Crippen molar-refractivity contribution in [2.24, 2.45) is 0 Å². The molecule has 0 aliphatic heterocycles. The van der Waals surface area contributed by atoms with E-state index in [4.69, 9.17) is 9.26 Å². The van der Waals surface area contributed by atoms with Gasteiger partial charge in [-0.1, -0.05) is 41.9 Å². The van der Waals surface area contributed by atoms with Gasteiger partial charge >= 0.3 is 6.09 Å². The molecule has 1 saturated carbocycles. The predicted molar refractivity (Wildman–Crippen MR) is 85.9 cm³/mol. The number of benzene rings is 1. The molecule has 1 heterocycles. The molecule has 5 heteroatoms. The third kappa shape index (κ3) is 4.84. The zero-order valence-corrected chi connectivity index (χ0v) is 13.2. The summed E-state index contributed by atoms with van der Waals surface area (Å²) in [6.45, 7) is 0.299. The van der Waals surface area contributed by atoms with Gasteiger partial charge in [-0.2, -0.15) is 0 Å². The minimum Gasteiger partial charge on any atom is -0.446 e. The molecular weight excluding hydrogens is 292 g/mol. The van der Waals surface area contributed by atoms with Gasteiger partial charge in [-0.3, -0.25) is 0 Å². The number of nitrogens with zero attached hydrogens (tertiary/aromatic N) is 1. The summed E-state index contributed by atoms with van der Waals surface area (Å²) in [7, 11) is 0. The lowest BCUT2D eigenvalue weighted by Gasteiger charge is -2.21. The van der Waals surface area contributed by atoms with Crippen LogP contribution in [0, 0.1) is 0 Å². The van der Waals surface area contributed by atoms with Crippen LogP contribution in [0.25, 0.3) is 0 Å². The van der Waals surface area contributed by atoms with Gasteiger partial charge in [0, 0.05) is 12.5 Å². The summed E-state index contributed by atoms with van der Waals surface area (Å²) in [5, 5.41) is 6.77. The van der Waals surface area contributed by atoms with Gasteiger partial charge in [0.2, 0.25) is 0 Å². The number of aromatic nitrogens is 1. The van der Waals surface area contributed by atoms with Gasteiger partial charge in [0.05, 0.1) is 12.2 Å². The fraction of sp³-hybridized carbons (Fsp3) is 0.444. The number of amides is 1. The Bertz CT molecular complexity index is 618. The Labute approximate surface area is 136 Å². The maximum absolute atomic E-state index is 11.8. The maximum Gasteiger partial charge on any atom is 0.407 e. The highest BCUT2D eigenvalue weighted by molar-refractivity contribution is 5.67. The second-order valence-corrected chi connectivity index (χ2v) is 5.97. The third-order valence-electron chi connectivity index (χ3n) is 4.07. The van der Waals surface area contributed by atoms with E-state index in [1.807, 2.05) is 36.4 Å². The summed E-state index contributed by atoms with van der Waals surface area (Å²) in [6.07, 6.45) is 5.87. The number of carbonyl (C=O) groups is 1. The summed E-state index contributed by atoms with van der Waals surface area (Å²) in [5.74, 6) is 0.636. The van der Waals surface area contributed by atoms with Crippen LogP contribution in [0.1, 0.15) is 49.1 Å². The molecule has 5 nitrogen and oxygen atoms in total. The molecule has 0 atom stereocenters.